The first-order valence-electron chi connectivity index (χ1n) is 5.84. The van der Waals surface area contributed by atoms with Crippen LogP contribution in [-0.4, -0.2) is 40.3 Å². The Bertz CT molecular complexity index is 310. The first-order valence-corrected chi connectivity index (χ1v) is 5.84. The third kappa shape index (κ3) is 3.26. The van der Waals surface area contributed by atoms with E-state index in [4.69, 9.17) is 4.74 Å². The van der Waals surface area contributed by atoms with Gasteiger partial charge in [0.25, 0.3) is 0 Å². The van der Waals surface area contributed by atoms with Gasteiger partial charge in [-0.3, -0.25) is 9.59 Å². The third-order valence-electron chi connectivity index (χ3n) is 3.20. The maximum absolute atomic E-state index is 11.8. The van der Waals surface area contributed by atoms with Gasteiger partial charge in [0.2, 0.25) is 0 Å². The van der Waals surface area contributed by atoms with Crippen LogP contribution < -0.4 is 0 Å². The second kappa shape index (κ2) is 5.14. The average Bonchev–Trinajstić information content (AvgIpc) is 2.23. The van der Waals surface area contributed by atoms with Crippen LogP contribution in [0.3, 0.4) is 0 Å². The third-order valence-corrected chi connectivity index (χ3v) is 3.20. The minimum atomic E-state index is -1.30. The maximum Gasteiger partial charge on any atom is 0.314 e. The van der Waals surface area contributed by atoms with Crippen molar-refractivity contribution in [2.75, 3.05) is 0 Å². The second-order valence-corrected chi connectivity index (χ2v) is 5.23. The molecular weight excluding hydrogens is 224 g/mol. The number of aliphatic hydroxyl groups is 2. The summed E-state index contributed by atoms with van der Waals surface area (Å²) in [6, 6.07) is 0. The van der Waals surface area contributed by atoms with Crippen molar-refractivity contribution in [1.82, 2.24) is 0 Å². The molecule has 0 aromatic rings. The molecule has 0 radical (unpaired) electrons. The van der Waals surface area contributed by atoms with Gasteiger partial charge in [-0.1, -0.05) is 0 Å². The Balaban J connectivity index is 2.92. The number of Topliss-reactive ketones (excluding diaryl/α,β-unsaturated/α-hetero) is 1. The maximum atomic E-state index is 11.8. The van der Waals surface area contributed by atoms with Crippen LogP contribution in [0.15, 0.2) is 0 Å². The van der Waals surface area contributed by atoms with Crippen LogP contribution in [0.1, 0.15) is 40.0 Å². The topological polar surface area (TPSA) is 83.8 Å². The Hall–Kier alpha value is -0.940. The second-order valence-electron chi connectivity index (χ2n) is 5.23. The summed E-state index contributed by atoms with van der Waals surface area (Å²) in [6.45, 7) is 4.72. The molecule has 0 aromatic carbocycles. The number of hydrogen-bond donors (Lipinski definition) is 2. The van der Waals surface area contributed by atoms with Gasteiger partial charge in [0.05, 0.1) is 23.7 Å². The largest absolute Gasteiger partial charge is 0.462 e. The molecule has 2 N–H and O–H groups in total. The van der Waals surface area contributed by atoms with Gasteiger partial charge in [0.15, 0.2) is 0 Å². The highest BCUT2D eigenvalue weighted by Gasteiger charge is 2.42. The Kier molecular flexibility index (Phi) is 4.27. The van der Waals surface area contributed by atoms with Crippen molar-refractivity contribution in [3.63, 3.8) is 0 Å². The van der Waals surface area contributed by atoms with Crippen LogP contribution in [0.25, 0.3) is 0 Å². The minimum absolute atomic E-state index is 0.120. The molecule has 1 aliphatic rings. The fourth-order valence-electron chi connectivity index (χ4n) is 1.81. The highest BCUT2D eigenvalue weighted by Crippen LogP contribution is 2.28. The molecule has 1 fully saturated rings. The molecule has 0 bridgehead atoms. The quantitative estimate of drug-likeness (QED) is 0.603. The number of ether oxygens (including phenoxy) is 1. The zero-order chi connectivity index (χ0) is 13.2. The van der Waals surface area contributed by atoms with E-state index in [0.717, 1.165) is 0 Å². The first-order chi connectivity index (χ1) is 7.75. The lowest BCUT2D eigenvalue weighted by Gasteiger charge is -2.33. The number of rotatable bonds is 0. The van der Waals surface area contributed by atoms with Crippen LogP contribution in [-0.2, 0) is 14.3 Å². The number of hydrogen-bond acceptors (Lipinski definition) is 5. The van der Waals surface area contributed by atoms with Crippen molar-refractivity contribution in [2.45, 2.75) is 58.3 Å². The molecule has 0 unspecified atom stereocenters. The van der Waals surface area contributed by atoms with E-state index in [1.807, 2.05) is 0 Å². The van der Waals surface area contributed by atoms with E-state index >= 15 is 0 Å². The SMILES string of the molecule is C[C@H]1CCC(=O)C[C@H](O)[C@@H](O)C(C)(C)C(=O)O1. The van der Waals surface area contributed by atoms with Crippen LogP contribution in [0.5, 0.6) is 0 Å². The molecule has 1 aliphatic heterocycles. The monoisotopic (exact) mass is 244 g/mol. The molecule has 1 rings (SSSR count). The summed E-state index contributed by atoms with van der Waals surface area (Å²) in [4.78, 5) is 23.3. The van der Waals surface area contributed by atoms with Gasteiger partial charge in [-0.15, -0.1) is 0 Å². The molecule has 0 amide bonds. The van der Waals surface area contributed by atoms with Crippen LogP contribution in [0.2, 0.25) is 0 Å². The lowest BCUT2D eigenvalue weighted by Crippen LogP contribution is -2.47. The van der Waals surface area contributed by atoms with Crippen molar-refractivity contribution in [3.05, 3.63) is 0 Å². The number of carbonyl (C=O) groups is 2. The lowest BCUT2D eigenvalue weighted by molar-refractivity contribution is -0.173. The predicted molar refractivity (Wildman–Crippen MR) is 60.2 cm³/mol. The highest BCUT2D eigenvalue weighted by molar-refractivity contribution is 5.80. The lowest BCUT2D eigenvalue weighted by atomic mass is 9.81. The summed E-state index contributed by atoms with van der Waals surface area (Å²) in [5.41, 5.74) is -1.22. The number of ketones is 1. The van der Waals surface area contributed by atoms with Crippen molar-refractivity contribution >= 4 is 11.8 Å². The molecule has 1 saturated heterocycles. The molecule has 0 spiro atoms. The van der Waals surface area contributed by atoms with E-state index in [9.17, 15) is 19.8 Å². The van der Waals surface area contributed by atoms with E-state index in [1.54, 1.807) is 6.92 Å². The summed E-state index contributed by atoms with van der Waals surface area (Å²) in [6.07, 6.45) is -2.30. The number of cyclic esters (lactones) is 1. The van der Waals surface area contributed by atoms with Crippen molar-refractivity contribution < 1.29 is 24.5 Å². The molecule has 3 atom stereocenters. The van der Waals surface area contributed by atoms with E-state index < -0.39 is 23.6 Å². The molecule has 0 aliphatic carbocycles. The first kappa shape index (κ1) is 14.1. The normalized spacial score (nSPS) is 35.2. The Morgan fingerprint density at radius 3 is 2.47 bits per heavy atom. The summed E-state index contributed by atoms with van der Waals surface area (Å²) in [5.74, 6) is -0.678. The van der Waals surface area contributed by atoms with Gasteiger partial charge in [-0.25, -0.2) is 0 Å². The minimum Gasteiger partial charge on any atom is -0.462 e. The van der Waals surface area contributed by atoms with Gasteiger partial charge in [0, 0.05) is 12.8 Å². The van der Waals surface area contributed by atoms with Gasteiger partial charge in [-0.05, 0) is 27.2 Å². The van der Waals surface area contributed by atoms with Crippen LogP contribution in [0.4, 0.5) is 0 Å². The number of carbonyl (C=O) groups excluding carboxylic acids is 2. The number of esters is 1. The molecule has 5 nitrogen and oxygen atoms in total. The molecule has 1 heterocycles. The van der Waals surface area contributed by atoms with Gasteiger partial charge in [-0.2, -0.15) is 0 Å². The standard InChI is InChI=1S/C12H20O5/c1-7-4-5-8(13)6-9(14)10(15)12(2,3)11(16)17-7/h7,9-10,14-15H,4-6H2,1-3H3/t7-,9-,10+/m0/s1. The van der Waals surface area contributed by atoms with Gasteiger partial charge < -0.3 is 14.9 Å². The van der Waals surface area contributed by atoms with E-state index in [0.29, 0.717) is 6.42 Å². The highest BCUT2D eigenvalue weighted by atomic mass is 16.5. The molecule has 0 aromatic heterocycles. The van der Waals surface area contributed by atoms with E-state index in [1.165, 1.54) is 13.8 Å². The molecule has 0 saturated carbocycles. The van der Waals surface area contributed by atoms with Gasteiger partial charge in [0.1, 0.15) is 5.78 Å². The molecule has 5 heteroatoms. The Labute approximate surface area is 101 Å². The van der Waals surface area contributed by atoms with Crippen LogP contribution in [0, 0.1) is 5.41 Å². The smallest absolute Gasteiger partial charge is 0.314 e. The van der Waals surface area contributed by atoms with Crippen molar-refractivity contribution in [3.8, 4) is 0 Å². The fraction of sp³-hybridized carbons (Fsp3) is 0.833. The molecule has 17 heavy (non-hydrogen) atoms. The van der Waals surface area contributed by atoms with Gasteiger partial charge >= 0.3 is 5.97 Å². The Morgan fingerprint density at radius 1 is 1.29 bits per heavy atom. The predicted octanol–water partition coefficient (Wildman–Crippen LogP) is 0.419. The van der Waals surface area contributed by atoms with Crippen molar-refractivity contribution in [2.24, 2.45) is 5.41 Å². The summed E-state index contributed by atoms with van der Waals surface area (Å²) >= 11 is 0. The van der Waals surface area contributed by atoms with Crippen molar-refractivity contribution in [1.29, 1.82) is 0 Å². The summed E-state index contributed by atoms with van der Waals surface area (Å²) in [7, 11) is 0. The summed E-state index contributed by atoms with van der Waals surface area (Å²) in [5, 5.41) is 19.6. The number of aliphatic hydroxyl groups excluding tert-OH is 2. The zero-order valence-electron chi connectivity index (χ0n) is 10.5. The average molecular weight is 244 g/mol. The molecule has 98 valence electrons. The van der Waals surface area contributed by atoms with Crippen LogP contribution >= 0.6 is 0 Å². The van der Waals surface area contributed by atoms with E-state index in [-0.39, 0.29) is 24.7 Å². The van der Waals surface area contributed by atoms with E-state index in [2.05, 4.69) is 0 Å². The zero-order valence-corrected chi connectivity index (χ0v) is 10.5. The summed E-state index contributed by atoms with van der Waals surface area (Å²) < 4.78 is 5.15. The fourth-order valence-corrected chi connectivity index (χ4v) is 1.81. The Morgan fingerprint density at radius 2 is 1.88 bits per heavy atom. The molecular formula is C12H20O5.